The number of aryl methyl sites for hydroxylation is 1. The average molecular weight is 265 g/mol. The zero-order chi connectivity index (χ0) is 13.0. The van der Waals surface area contributed by atoms with Crippen LogP contribution in [0.3, 0.4) is 0 Å². The summed E-state index contributed by atoms with van der Waals surface area (Å²) >= 11 is 0. The lowest BCUT2D eigenvalue weighted by molar-refractivity contribution is 0.0994. The molecule has 2 aliphatic rings. The van der Waals surface area contributed by atoms with Gasteiger partial charge in [-0.25, -0.2) is 13.1 Å². The number of carbonyl (C=O) groups is 1. The molecule has 0 radical (unpaired) electrons. The molecule has 0 aromatic heterocycles. The maximum absolute atomic E-state index is 12.2. The van der Waals surface area contributed by atoms with Gasteiger partial charge in [0.25, 0.3) is 0 Å². The first-order chi connectivity index (χ1) is 8.40. The number of hydrogen-bond donors (Lipinski definition) is 1. The Bertz CT molecular complexity index is 630. The van der Waals surface area contributed by atoms with E-state index in [2.05, 4.69) is 4.72 Å². The van der Waals surface area contributed by atoms with Crippen molar-refractivity contribution < 1.29 is 13.2 Å². The Balaban J connectivity index is 1.97. The van der Waals surface area contributed by atoms with Gasteiger partial charge in [0.1, 0.15) is 0 Å². The largest absolute Gasteiger partial charge is 0.294 e. The van der Waals surface area contributed by atoms with E-state index in [9.17, 15) is 13.2 Å². The first-order valence-corrected chi connectivity index (χ1v) is 7.58. The third-order valence-electron chi connectivity index (χ3n) is 3.69. The fraction of sp³-hybridized carbons (Fsp3) is 0.462. The van der Waals surface area contributed by atoms with Gasteiger partial charge in [0.2, 0.25) is 10.0 Å². The molecule has 1 aromatic rings. The number of fused-ring (bicyclic) bond motifs is 1. The van der Waals surface area contributed by atoms with Crippen molar-refractivity contribution in [2.24, 2.45) is 0 Å². The summed E-state index contributed by atoms with van der Waals surface area (Å²) in [6.07, 6.45) is 2.95. The smallest absolute Gasteiger partial charge is 0.241 e. The summed E-state index contributed by atoms with van der Waals surface area (Å²) in [4.78, 5) is 11.8. The van der Waals surface area contributed by atoms with Crippen LogP contribution in [0.4, 0.5) is 0 Å². The monoisotopic (exact) mass is 265 g/mol. The minimum absolute atomic E-state index is 0.0414. The number of hydrogen-bond acceptors (Lipinski definition) is 3. The molecular weight excluding hydrogens is 250 g/mol. The molecule has 0 aliphatic heterocycles. The Morgan fingerprint density at radius 3 is 2.61 bits per heavy atom. The molecule has 2 aliphatic carbocycles. The van der Waals surface area contributed by atoms with E-state index in [1.807, 2.05) is 6.92 Å². The van der Waals surface area contributed by atoms with Crippen molar-refractivity contribution in [1.29, 1.82) is 0 Å². The zero-order valence-corrected chi connectivity index (χ0v) is 11.0. The topological polar surface area (TPSA) is 63.2 Å². The minimum atomic E-state index is -3.50. The van der Waals surface area contributed by atoms with E-state index in [0.717, 1.165) is 24.8 Å². The van der Waals surface area contributed by atoms with E-state index in [-0.39, 0.29) is 16.2 Å². The molecule has 1 aromatic carbocycles. The van der Waals surface area contributed by atoms with E-state index in [1.54, 1.807) is 12.1 Å². The van der Waals surface area contributed by atoms with Crippen LogP contribution in [0.1, 0.15) is 42.1 Å². The highest BCUT2D eigenvalue weighted by atomic mass is 32.2. The van der Waals surface area contributed by atoms with Gasteiger partial charge in [-0.2, -0.15) is 0 Å². The molecule has 5 heteroatoms. The third kappa shape index (κ3) is 1.97. The molecular formula is C13H15NO3S. The molecule has 0 unspecified atom stereocenters. The fourth-order valence-electron chi connectivity index (χ4n) is 2.26. The second kappa shape index (κ2) is 3.65. The lowest BCUT2D eigenvalue weighted by Gasteiger charge is -2.12. The molecule has 1 saturated carbocycles. The van der Waals surface area contributed by atoms with Crippen LogP contribution in [-0.2, 0) is 16.4 Å². The summed E-state index contributed by atoms with van der Waals surface area (Å²) in [5.41, 5.74) is 1.23. The standard InChI is InChI=1S/C13H15NO3S/c1-13(6-7-13)14-18(16,17)10-4-2-9-3-5-12(15)11(9)8-10/h2,4,8,14H,3,5-7H2,1H3. The van der Waals surface area contributed by atoms with Crippen LogP contribution in [0.2, 0.25) is 0 Å². The van der Waals surface area contributed by atoms with Gasteiger partial charge < -0.3 is 0 Å². The van der Waals surface area contributed by atoms with Gasteiger partial charge in [0.15, 0.2) is 5.78 Å². The molecule has 96 valence electrons. The Morgan fingerprint density at radius 2 is 1.94 bits per heavy atom. The van der Waals surface area contributed by atoms with Gasteiger partial charge in [-0.05, 0) is 43.9 Å². The number of rotatable bonds is 3. The van der Waals surface area contributed by atoms with Gasteiger partial charge in [0.05, 0.1) is 4.90 Å². The Kier molecular flexibility index (Phi) is 2.40. The van der Waals surface area contributed by atoms with Crippen LogP contribution in [0, 0.1) is 0 Å². The number of nitrogens with one attached hydrogen (secondary N) is 1. The maximum Gasteiger partial charge on any atom is 0.241 e. The minimum Gasteiger partial charge on any atom is -0.294 e. The highest BCUT2D eigenvalue weighted by Gasteiger charge is 2.41. The van der Waals surface area contributed by atoms with Gasteiger partial charge >= 0.3 is 0 Å². The van der Waals surface area contributed by atoms with E-state index in [4.69, 9.17) is 0 Å². The van der Waals surface area contributed by atoms with Crippen molar-refractivity contribution in [3.05, 3.63) is 29.3 Å². The molecule has 1 fully saturated rings. The quantitative estimate of drug-likeness (QED) is 0.903. The zero-order valence-electron chi connectivity index (χ0n) is 10.2. The van der Waals surface area contributed by atoms with Crippen molar-refractivity contribution >= 4 is 15.8 Å². The van der Waals surface area contributed by atoms with E-state index in [1.165, 1.54) is 6.07 Å². The molecule has 18 heavy (non-hydrogen) atoms. The van der Waals surface area contributed by atoms with Gasteiger partial charge in [-0.1, -0.05) is 6.07 Å². The van der Waals surface area contributed by atoms with Crippen molar-refractivity contribution in [3.8, 4) is 0 Å². The second-order valence-electron chi connectivity index (χ2n) is 5.41. The molecule has 4 nitrogen and oxygen atoms in total. The molecule has 0 saturated heterocycles. The third-order valence-corrected chi connectivity index (χ3v) is 5.33. The van der Waals surface area contributed by atoms with Crippen molar-refractivity contribution in [1.82, 2.24) is 4.72 Å². The first-order valence-electron chi connectivity index (χ1n) is 6.10. The Labute approximate surface area is 106 Å². The fourth-order valence-corrected chi connectivity index (χ4v) is 3.75. The van der Waals surface area contributed by atoms with Crippen molar-refractivity contribution in [2.45, 2.75) is 43.0 Å². The number of carbonyl (C=O) groups excluding carboxylic acids is 1. The van der Waals surface area contributed by atoms with Crippen LogP contribution in [-0.4, -0.2) is 19.7 Å². The van der Waals surface area contributed by atoms with Crippen LogP contribution in [0.5, 0.6) is 0 Å². The van der Waals surface area contributed by atoms with Crippen molar-refractivity contribution in [3.63, 3.8) is 0 Å². The SMILES string of the molecule is CC1(NS(=O)(=O)c2ccc3c(c2)C(=O)CC3)CC1. The molecule has 0 heterocycles. The predicted molar refractivity (Wildman–Crippen MR) is 67.1 cm³/mol. The number of benzene rings is 1. The Hall–Kier alpha value is -1.20. The number of ketones is 1. The average Bonchev–Trinajstić information content (AvgIpc) is 2.89. The predicted octanol–water partition coefficient (Wildman–Crippen LogP) is 1.65. The van der Waals surface area contributed by atoms with Crippen LogP contribution in [0.25, 0.3) is 0 Å². The second-order valence-corrected chi connectivity index (χ2v) is 7.09. The normalized spacial score (nSPS) is 20.8. The molecule has 3 rings (SSSR count). The Morgan fingerprint density at radius 1 is 1.22 bits per heavy atom. The van der Waals surface area contributed by atoms with Crippen LogP contribution < -0.4 is 4.72 Å². The lowest BCUT2D eigenvalue weighted by Crippen LogP contribution is -2.34. The van der Waals surface area contributed by atoms with Crippen LogP contribution >= 0.6 is 0 Å². The van der Waals surface area contributed by atoms with E-state index >= 15 is 0 Å². The molecule has 0 bridgehead atoms. The summed E-state index contributed by atoms with van der Waals surface area (Å²) in [6.45, 7) is 1.89. The summed E-state index contributed by atoms with van der Waals surface area (Å²) < 4.78 is 27.0. The first kappa shape index (κ1) is 11.9. The van der Waals surface area contributed by atoms with Gasteiger partial charge in [-0.15, -0.1) is 0 Å². The van der Waals surface area contributed by atoms with Gasteiger partial charge in [-0.3, -0.25) is 4.79 Å². The summed E-state index contributed by atoms with van der Waals surface area (Å²) in [5, 5.41) is 0. The molecule has 1 N–H and O–H groups in total. The summed E-state index contributed by atoms with van der Waals surface area (Å²) in [5.74, 6) is 0.0414. The lowest BCUT2D eigenvalue weighted by atomic mass is 10.1. The van der Waals surface area contributed by atoms with E-state index in [0.29, 0.717) is 12.0 Å². The molecule has 0 spiro atoms. The molecule has 0 atom stereocenters. The van der Waals surface area contributed by atoms with Crippen LogP contribution in [0.15, 0.2) is 23.1 Å². The number of sulfonamides is 1. The molecule has 0 amide bonds. The number of Topliss-reactive ketones (excluding diaryl/α,β-unsaturated/α-hetero) is 1. The summed E-state index contributed by atoms with van der Waals surface area (Å²) in [7, 11) is -3.50. The highest BCUT2D eigenvalue weighted by molar-refractivity contribution is 7.89. The van der Waals surface area contributed by atoms with Gasteiger partial charge in [0, 0.05) is 17.5 Å². The maximum atomic E-state index is 12.2. The summed E-state index contributed by atoms with van der Waals surface area (Å²) in [6, 6.07) is 4.86. The van der Waals surface area contributed by atoms with E-state index < -0.39 is 10.0 Å². The highest BCUT2D eigenvalue weighted by Crippen LogP contribution is 2.36. The van der Waals surface area contributed by atoms with Crippen molar-refractivity contribution in [2.75, 3.05) is 0 Å².